The van der Waals surface area contributed by atoms with E-state index in [0.717, 1.165) is 0 Å². The summed E-state index contributed by atoms with van der Waals surface area (Å²) in [4.78, 5) is 36.2. The lowest BCUT2D eigenvalue weighted by Crippen LogP contribution is -2.68. The lowest BCUT2D eigenvalue weighted by atomic mass is 9.64. The van der Waals surface area contributed by atoms with E-state index < -0.39 is 26.7 Å². The zero-order valence-electron chi connectivity index (χ0n) is 11.3. The normalized spacial score (nSPS) is 31.6. The molecule has 1 fully saturated rings. The highest BCUT2D eigenvalue weighted by atomic mass is 16.6. The standard InChI is InChI=1S/C13H13N3O5/c1-14-7-12(15(18)19)6-13(8-14,16(20)21)11(17)9-4-2-3-5-10(9)12/h2-5H,6-8H2,1H3/t12-,13+/m1/s1. The fourth-order valence-electron chi connectivity index (χ4n) is 3.64. The highest BCUT2D eigenvalue weighted by molar-refractivity contribution is 6.05. The number of rotatable bonds is 2. The Morgan fingerprint density at radius 2 is 1.67 bits per heavy atom. The quantitative estimate of drug-likeness (QED) is 0.586. The van der Waals surface area contributed by atoms with Crippen LogP contribution in [0.15, 0.2) is 24.3 Å². The van der Waals surface area contributed by atoms with Crippen LogP contribution in [0.4, 0.5) is 0 Å². The first-order valence-electron chi connectivity index (χ1n) is 6.45. The third-order valence-electron chi connectivity index (χ3n) is 4.44. The van der Waals surface area contributed by atoms with Gasteiger partial charge in [-0.3, -0.25) is 29.9 Å². The van der Waals surface area contributed by atoms with E-state index in [1.54, 1.807) is 19.2 Å². The molecule has 2 atom stereocenters. The van der Waals surface area contributed by atoms with Gasteiger partial charge in [-0.25, -0.2) is 0 Å². The number of hydrogen-bond donors (Lipinski definition) is 0. The first-order valence-corrected chi connectivity index (χ1v) is 6.45. The van der Waals surface area contributed by atoms with E-state index in [2.05, 4.69) is 0 Å². The van der Waals surface area contributed by atoms with Gasteiger partial charge in [-0.2, -0.15) is 0 Å². The van der Waals surface area contributed by atoms with E-state index in [-0.39, 0.29) is 30.6 Å². The Hall–Kier alpha value is -2.35. The Morgan fingerprint density at radius 3 is 2.29 bits per heavy atom. The Morgan fingerprint density at radius 1 is 1.10 bits per heavy atom. The number of hydrogen-bond acceptors (Lipinski definition) is 6. The summed E-state index contributed by atoms with van der Waals surface area (Å²) in [6.07, 6.45) is -0.389. The van der Waals surface area contributed by atoms with Crippen LogP contribution in [0.5, 0.6) is 0 Å². The third kappa shape index (κ3) is 1.56. The molecule has 1 aliphatic carbocycles. The molecular formula is C13H13N3O5. The van der Waals surface area contributed by atoms with Crippen LogP contribution < -0.4 is 0 Å². The number of Topliss-reactive ketones (excluding diaryl/α,β-unsaturated/α-hetero) is 1. The summed E-state index contributed by atoms with van der Waals surface area (Å²) < 4.78 is 0. The van der Waals surface area contributed by atoms with Crippen molar-refractivity contribution >= 4 is 5.78 Å². The largest absolute Gasteiger partial charge is 0.303 e. The van der Waals surface area contributed by atoms with Crippen molar-refractivity contribution in [3.8, 4) is 0 Å². The topological polar surface area (TPSA) is 107 Å². The van der Waals surface area contributed by atoms with Crippen LogP contribution in [-0.2, 0) is 5.54 Å². The van der Waals surface area contributed by atoms with Gasteiger partial charge < -0.3 is 0 Å². The maximum Gasteiger partial charge on any atom is 0.303 e. The zero-order valence-corrected chi connectivity index (χ0v) is 11.3. The molecule has 1 aromatic rings. The predicted octanol–water partition coefficient (Wildman–Crippen LogP) is 0.706. The molecule has 3 rings (SSSR count). The summed E-state index contributed by atoms with van der Waals surface area (Å²) in [6, 6.07) is 6.16. The van der Waals surface area contributed by atoms with Crippen LogP contribution >= 0.6 is 0 Å². The van der Waals surface area contributed by atoms with E-state index in [4.69, 9.17) is 0 Å². The van der Waals surface area contributed by atoms with Crippen LogP contribution in [-0.4, -0.2) is 46.2 Å². The van der Waals surface area contributed by atoms with Crippen LogP contribution in [0, 0.1) is 20.2 Å². The first kappa shape index (κ1) is 13.6. The van der Waals surface area contributed by atoms with Crippen molar-refractivity contribution in [3.05, 3.63) is 55.6 Å². The lowest BCUT2D eigenvalue weighted by Gasteiger charge is -2.44. The highest BCUT2D eigenvalue weighted by Gasteiger charge is 2.70. The summed E-state index contributed by atoms with van der Waals surface area (Å²) in [6.45, 7) is -0.0529. The fraction of sp³-hybridized carbons (Fsp3) is 0.462. The number of nitro groups is 2. The van der Waals surface area contributed by atoms with Crippen LogP contribution in [0.25, 0.3) is 0 Å². The first-order chi connectivity index (χ1) is 9.83. The molecule has 0 amide bonds. The fourth-order valence-corrected chi connectivity index (χ4v) is 3.64. The second kappa shape index (κ2) is 4.08. The Labute approximate surface area is 119 Å². The Kier molecular flexibility index (Phi) is 2.64. The molecule has 2 bridgehead atoms. The predicted molar refractivity (Wildman–Crippen MR) is 71.3 cm³/mol. The van der Waals surface area contributed by atoms with Gasteiger partial charge in [0.15, 0.2) is 0 Å². The highest BCUT2D eigenvalue weighted by Crippen LogP contribution is 2.47. The summed E-state index contributed by atoms with van der Waals surface area (Å²) in [5, 5.41) is 23.3. The van der Waals surface area contributed by atoms with E-state index >= 15 is 0 Å². The Bertz CT molecular complexity index is 676. The molecule has 1 heterocycles. The molecule has 0 radical (unpaired) electrons. The van der Waals surface area contributed by atoms with Crippen molar-refractivity contribution in [1.29, 1.82) is 0 Å². The minimum atomic E-state index is -1.94. The van der Waals surface area contributed by atoms with Crippen molar-refractivity contribution in [2.45, 2.75) is 17.5 Å². The molecule has 0 N–H and O–H groups in total. The number of benzene rings is 1. The monoisotopic (exact) mass is 291 g/mol. The minimum Gasteiger partial charge on any atom is -0.292 e. The van der Waals surface area contributed by atoms with E-state index in [0.29, 0.717) is 0 Å². The second-order valence-corrected chi connectivity index (χ2v) is 5.80. The molecule has 8 nitrogen and oxygen atoms in total. The van der Waals surface area contributed by atoms with Crippen molar-refractivity contribution in [1.82, 2.24) is 4.90 Å². The molecule has 1 aromatic carbocycles. The van der Waals surface area contributed by atoms with Gasteiger partial charge in [0.1, 0.15) is 6.42 Å². The third-order valence-corrected chi connectivity index (χ3v) is 4.44. The van der Waals surface area contributed by atoms with Crippen molar-refractivity contribution in [2.24, 2.45) is 0 Å². The van der Waals surface area contributed by atoms with Crippen molar-refractivity contribution in [2.75, 3.05) is 20.1 Å². The van der Waals surface area contributed by atoms with Gasteiger partial charge in [-0.05, 0) is 7.05 Å². The molecule has 8 heteroatoms. The SMILES string of the molecule is CN1C[C@@]2([N+](=O)[O-])C[C@@]([N+](=O)[O-])(C1)c1ccccc1C2=O. The maximum absolute atomic E-state index is 12.6. The van der Waals surface area contributed by atoms with E-state index in [1.807, 2.05) is 0 Å². The number of ketones is 1. The number of fused-ring (bicyclic) bond motifs is 4. The second-order valence-electron chi connectivity index (χ2n) is 5.80. The molecule has 21 heavy (non-hydrogen) atoms. The average Bonchev–Trinajstić information content (AvgIpc) is 2.44. The summed E-state index contributed by atoms with van der Waals surface area (Å²) in [7, 11) is 1.57. The summed E-state index contributed by atoms with van der Waals surface area (Å²) >= 11 is 0. The number of likely N-dealkylation sites (tertiary alicyclic amines) is 1. The Balaban J connectivity index is 2.35. The van der Waals surface area contributed by atoms with Gasteiger partial charge in [-0.15, -0.1) is 0 Å². The molecule has 2 aliphatic rings. The van der Waals surface area contributed by atoms with Crippen LogP contribution in [0.2, 0.25) is 0 Å². The van der Waals surface area contributed by atoms with Crippen molar-refractivity contribution in [3.63, 3.8) is 0 Å². The lowest BCUT2D eigenvalue weighted by molar-refractivity contribution is -0.623. The molecule has 0 spiro atoms. The van der Waals surface area contributed by atoms with Crippen molar-refractivity contribution < 1.29 is 14.6 Å². The smallest absolute Gasteiger partial charge is 0.292 e. The molecule has 1 saturated heterocycles. The van der Waals surface area contributed by atoms with E-state index in [9.17, 15) is 25.0 Å². The average molecular weight is 291 g/mol. The summed E-state index contributed by atoms with van der Waals surface area (Å²) in [5.74, 6) is -0.632. The number of nitrogens with zero attached hydrogens (tertiary/aromatic N) is 3. The molecule has 0 unspecified atom stereocenters. The number of likely N-dealkylation sites (N-methyl/N-ethyl adjacent to an activating group) is 1. The molecule has 110 valence electrons. The van der Waals surface area contributed by atoms with Gasteiger partial charge in [-0.1, -0.05) is 24.3 Å². The van der Waals surface area contributed by atoms with Gasteiger partial charge in [0.2, 0.25) is 5.78 Å². The van der Waals surface area contributed by atoms with E-state index in [1.165, 1.54) is 17.0 Å². The molecule has 0 aromatic heterocycles. The number of carbonyl (C=O) groups excluding carboxylic acids is 1. The van der Waals surface area contributed by atoms with Gasteiger partial charge in [0.05, 0.1) is 13.1 Å². The molecule has 1 aliphatic heterocycles. The van der Waals surface area contributed by atoms with Gasteiger partial charge in [0.25, 0.3) is 5.54 Å². The zero-order chi connectivity index (χ0) is 15.4. The van der Waals surface area contributed by atoms with Crippen LogP contribution in [0.3, 0.4) is 0 Å². The van der Waals surface area contributed by atoms with Gasteiger partial charge in [0, 0.05) is 21.0 Å². The maximum atomic E-state index is 12.6. The summed E-state index contributed by atoms with van der Waals surface area (Å²) in [5.41, 5.74) is -3.16. The molecule has 0 saturated carbocycles. The molecular weight excluding hydrogens is 278 g/mol. The number of piperidine rings is 1. The van der Waals surface area contributed by atoms with Gasteiger partial charge >= 0.3 is 5.54 Å². The van der Waals surface area contributed by atoms with Crippen LogP contribution in [0.1, 0.15) is 22.3 Å². The number of carbonyl (C=O) groups is 1. The minimum absolute atomic E-state index is 0.0554.